The fourth-order valence-electron chi connectivity index (χ4n) is 5.97. The maximum absolute atomic E-state index is 6.58. The molecule has 6 heteroatoms. The number of benzene rings is 2. The van der Waals surface area contributed by atoms with Crippen LogP contribution < -0.4 is 15.8 Å². The van der Waals surface area contributed by atoms with Crippen LogP contribution in [0.1, 0.15) is 65.0 Å². The maximum atomic E-state index is 6.58. The highest BCUT2D eigenvalue weighted by atomic mass is 35.5. The Labute approximate surface area is 238 Å². The van der Waals surface area contributed by atoms with Crippen molar-refractivity contribution in [3.8, 4) is 11.5 Å². The summed E-state index contributed by atoms with van der Waals surface area (Å²) in [5.74, 6) is 4.56. The van der Waals surface area contributed by atoms with Crippen LogP contribution in [0.3, 0.4) is 0 Å². The Kier molecular flexibility index (Phi) is 8.79. The van der Waals surface area contributed by atoms with Crippen molar-refractivity contribution in [2.24, 2.45) is 23.5 Å². The number of ether oxygens (including phenoxy) is 1. The fourth-order valence-corrected chi connectivity index (χ4v) is 6.19. The highest BCUT2D eigenvalue weighted by Gasteiger charge is 2.28. The molecule has 39 heavy (non-hydrogen) atoms. The van der Waals surface area contributed by atoms with Crippen molar-refractivity contribution in [2.75, 3.05) is 5.32 Å². The van der Waals surface area contributed by atoms with E-state index in [4.69, 9.17) is 22.1 Å². The Morgan fingerprint density at radius 2 is 1.69 bits per heavy atom. The molecule has 206 valence electrons. The van der Waals surface area contributed by atoms with E-state index in [2.05, 4.69) is 37.3 Å². The van der Waals surface area contributed by atoms with Crippen molar-refractivity contribution >= 4 is 23.1 Å². The van der Waals surface area contributed by atoms with Crippen molar-refractivity contribution in [1.29, 1.82) is 0 Å². The largest absolute Gasteiger partial charge is 0.457 e. The molecule has 2 aliphatic rings. The average molecular weight is 545 g/mol. The van der Waals surface area contributed by atoms with E-state index in [1.165, 1.54) is 24.0 Å². The Bertz CT molecular complexity index is 1300. The summed E-state index contributed by atoms with van der Waals surface area (Å²) < 4.78 is 7.95. The number of hydrogen-bond donors (Lipinski definition) is 2. The maximum Gasteiger partial charge on any atom is 0.132 e. The first-order chi connectivity index (χ1) is 18.9. The second kappa shape index (κ2) is 12.4. The Hall–Kier alpha value is -3.02. The molecule has 0 radical (unpaired) electrons. The van der Waals surface area contributed by atoms with Gasteiger partial charge in [0.05, 0.1) is 16.9 Å². The molecule has 1 saturated carbocycles. The third-order valence-corrected chi connectivity index (χ3v) is 9.06. The molecule has 0 saturated heterocycles. The topological polar surface area (TPSA) is 65.1 Å². The number of anilines is 1. The summed E-state index contributed by atoms with van der Waals surface area (Å²) >= 11 is 6.58. The van der Waals surface area contributed by atoms with Crippen molar-refractivity contribution < 1.29 is 4.74 Å². The van der Waals surface area contributed by atoms with Crippen molar-refractivity contribution in [2.45, 2.75) is 71.8 Å². The van der Waals surface area contributed by atoms with E-state index in [0.29, 0.717) is 22.9 Å². The molecule has 2 atom stereocenters. The van der Waals surface area contributed by atoms with Crippen LogP contribution in [0, 0.1) is 17.8 Å². The fraction of sp³-hybridized carbons (Fsp3) is 0.424. The van der Waals surface area contributed by atoms with Gasteiger partial charge in [-0.05, 0) is 118 Å². The molecule has 1 fully saturated rings. The summed E-state index contributed by atoms with van der Waals surface area (Å²) in [4.78, 5) is 0. The van der Waals surface area contributed by atoms with E-state index in [-0.39, 0.29) is 0 Å². The van der Waals surface area contributed by atoms with Gasteiger partial charge in [0, 0.05) is 11.7 Å². The van der Waals surface area contributed by atoms with Crippen molar-refractivity contribution in [3.05, 3.63) is 88.7 Å². The SMILES string of the molecule is C/C1=C(CC(C)[C@@H](C)C2CCC(N)CC2)\C=C(\Nc2ccc(Oc3ccccc3)cc2)n2ncc(Cl)c2CC1. The third-order valence-electron chi connectivity index (χ3n) is 8.75. The number of rotatable bonds is 8. The number of hydrogen-bond acceptors (Lipinski definition) is 4. The zero-order valence-corrected chi connectivity index (χ0v) is 24.1. The van der Waals surface area contributed by atoms with Gasteiger partial charge in [-0.1, -0.05) is 49.2 Å². The molecule has 5 rings (SSSR count). The van der Waals surface area contributed by atoms with Gasteiger partial charge in [0.25, 0.3) is 0 Å². The molecule has 5 nitrogen and oxygen atoms in total. The molecule has 1 aromatic heterocycles. The van der Waals surface area contributed by atoms with E-state index < -0.39 is 0 Å². The molecule has 0 bridgehead atoms. The van der Waals surface area contributed by atoms with Crippen molar-refractivity contribution in [3.63, 3.8) is 0 Å². The van der Waals surface area contributed by atoms with Gasteiger partial charge >= 0.3 is 0 Å². The van der Waals surface area contributed by atoms with E-state index in [1.54, 1.807) is 6.20 Å². The second-order valence-electron chi connectivity index (χ2n) is 11.5. The van der Waals surface area contributed by atoms with Crippen molar-refractivity contribution in [1.82, 2.24) is 9.78 Å². The predicted molar refractivity (Wildman–Crippen MR) is 162 cm³/mol. The van der Waals surface area contributed by atoms with E-state index in [0.717, 1.165) is 66.7 Å². The van der Waals surface area contributed by atoms with Gasteiger partial charge in [0.15, 0.2) is 0 Å². The Morgan fingerprint density at radius 3 is 2.41 bits per heavy atom. The second-order valence-corrected chi connectivity index (χ2v) is 11.9. The number of halogens is 1. The third kappa shape index (κ3) is 6.77. The molecular weight excluding hydrogens is 504 g/mol. The summed E-state index contributed by atoms with van der Waals surface area (Å²) in [6, 6.07) is 18.3. The van der Waals surface area contributed by atoms with Crippen LogP contribution in [0.25, 0.3) is 5.82 Å². The van der Waals surface area contributed by atoms with Gasteiger partial charge < -0.3 is 15.8 Å². The monoisotopic (exact) mass is 544 g/mol. The highest BCUT2D eigenvalue weighted by Crippen LogP contribution is 2.37. The van der Waals surface area contributed by atoms with Crippen LogP contribution in [0.15, 0.2) is 78.0 Å². The molecule has 2 heterocycles. The number of nitrogens with two attached hydrogens (primary N) is 1. The van der Waals surface area contributed by atoms with Crippen LogP contribution in [0.2, 0.25) is 5.02 Å². The van der Waals surface area contributed by atoms with Crippen LogP contribution >= 0.6 is 11.6 Å². The number of para-hydroxylation sites is 1. The number of aromatic nitrogens is 2. The summed E-state index contributed by atoms with van der Waals surface area (Å²) in [7, 11) is 0. The molecule has 3 aromatic rings. The molecule has 1 unspecified atom stereocenters. The summed E-state index contributed by atoms with van der Waals surface area (Å²) in [5.41, 5.74) is 11.0. The molecule has 1 aliphatic heterocycles. The van der Waals surface area contributed by atoms with E-state index in [1.807, 2.05) is 59.3 Å². The van der Waals surface area contributed by atoms with Gasteiger partial charge in [0.1, 0.15) is 17.3 Å². The Morgan fingerprint density at radius 1 is 1.00 bits per heavy atom. The summed E-state index contributed by atoms with van der Waals surface area (Å²) in [6.07, 6.45) is 11.8. The van der Waals surface area contributed by atoms with Gasteiger partial charge in [-0.2, -0.15) is 5.10 Å². The van der Waals surface area contributed by atoms with Gasteiger partial charge in [-0.25, -0.2) is 4.68 Å². The van der Waals surface area contributed by atoms with E-state index in [9.17, 15) is 0 Å². The number of allylic oxidation sites excluding steroid dienone is 3. The van der Waals surface area contributed by atoms with Crippen LogP contribution in [0.5, 0.6) is 11.5 Å². The Balaban J connectivity index is 1.37. The quantitative estimate of drug-likeness (QED) is 0.297. The zero-order valence-electron chi connectivity index (χ0n) is 23.4. The van der Waals surface area contributed by atoms with E-state index >= 15 is 0 Å². The molecule has 0 spiro atoms. The van der Waals surface area contributed by atoms with Gasteiger partial charge in [-0.15, -0.1) is 0 Å². The number of fused-ring (bicyclic) bond motifs is 1. The number of nitrogens with one attached hydrogen (secondary N) is 1. The van der Waals surface area contributed by atoms with Crippen LogP contribution in [-0.4, -0.2) is 15.8 Å². The first kappa shape index (κ1) is 27.5. The smallest absolute Gasteiger partial charge is 0.132 e. The van der Waals surface area contributed by atoms with Gasteiger partial charge in [0.2, 0.25) is 0 Å². The predicted octanol–water partition coefficient (Wildman–Crippen LogP) is 8.68. The summed E-state index contributed by atoms with van der Waals surface area (Å²) in [5, 5.41) is 9.00. The lowest BCUT2D eigenvalue weighted by molar-refractivity contribution is 0.193. The molecule has 1 aliphatic carbocycles. The zero-order chi connectivity index (χ0) is 27.4. The lowest BCUT2D eigenvalue weighted by atomic mass is 9.73. The van der Waals surface area contributed by atoms with Gasteiger partial charge in [-0.3, -0.25) is 0 Å². The standard InChI is InChI=1S/C33H41ClN4O/c1-22-9-18-32-31(34)21-36-38(32)33(20-26(22)19-23(2)24(3)25-10-12-27(35)13-11-25)37-28-14-16-30(17-15-28)39-29-7-5-4-6-8-29/h4-8,14-17,20-21,23-25,27,37H,9-13,18-19,35H2,1-3H3/b26-22+,33-20-/t23?,24-,25?,27?/m1/s1. The molecular formula is C33H41ClN4O. The summed E-state index contributed by atoms with van der Waals surface area (Å²) in [6.45, 7) is 7.13. The minimum atomic E-state index is 0.393. The molecule has 0 amide bonds. The first-order valence-electron chi connectivity index (χ1n) is 14.4. The lowest BCUT2D eigenvalue weighted by Crippen LogP contribution is -2.31. The average Bonchev–Trinajstić information content (AvgIpc) is 3.31. The first-order valence-corrected chi connectivity index (χ1v) is 14.7. The molecule has 2 aromatic carbocycles. The van der Waals surface area contributed by atoms with Crippen LogP contribution in [-0.2, 0) is 6.42 Å². The lowest BCUT2D eigenvalue weighted by Gasteiger charge is -2.34. The minimum Gasteiger partial charge on any atom is -0.457 e. The minimum absolute atomic E-state index is 0.393. The van der Waals surface area contributed by atoms with Crippen LogP contribution in [0.4, 0.5) is 5.69 Å². The molecule has 3 N–H and O–H groups in total. The number of nitrogens with zero attached hydrogens (tertiary/aromatic N) is 2. The highest BCUT2D eigenvalue weighted by molar-refractivity contribution is 6.31. The normalized spacial score (nSPS) is 24.5.